The molecule has 0 amide bonds. The number of nitrogens with one attached hydrogen (secondary N) is 1. The molecule has 0 bridgehead atoms. The van der Waals surface area contributed by atoms with Crippen LogP contribution in [-0.2, 0) is 6.54 Å². The standard InChI is InChI=1S/C10H18N2OS2.ClH/c1-9-12-10(8-15-9)7-11-3-6-14-5-2-4-13;/h8,11,13H,2-7H2,1H3;1H. The van der Waals surface area contributed by atoms with Gasteiger partial charge < -0.3 is 10.4 Å². The molecule has 2 N–H and O–H groups in total. The number of halogens is 1. The molecule has 6 heteroatoms. The van der Waals surface area contributed by atoms with Crippen LogP contribution in [0.25, 0.3) is 0 Å². The molecule has 1 rings (SSSR count). The minimum absolute atomic E-state index is 0. The van der Waals surface area contributed by atoms with Gasteiger partial charge in [-0.3, -0.25) is 0 Å². The topological polar surface area (TPSA) is 45.2 Å². The summed E-state index contributed by atoms with van der Waals surface area (Å²) in [6, 6.07) is 0. The molecule has 0 aliphatic carbocycles. The molecule has 0 aliphatic heterocycles. The van der Waals surface area contributed by atoms with Crippen LogP contribution in [0.2, 0.25) is 0 Å². The van der Waals surface area contributed by atoms with E-state index in [9.17, 15) is 0 Å². The van der Waals surface area contributed by atoms with Crippen LogP contribution in [0, 0.1) is 6.92 Å². The molecule has 0 atom stereocenters. The fourth-order valence-electron chi connectivity index (χ4n) is 1.12. The monoisotopic (exact) mass is 282 g/mol. The van der Waals surface area contributed by atoms with Crippen LogP contribution >= 0.6 is 35.5 Å². The van der Waals surface area contributed by atoms with Gasteiger partial charge in [-0.1, -0.05) is 0 Å². The maximum absolute atomic E-state index is 8.58. The normalized spacial score (nSPS) is 10.1. The zero-order valence-electron chi connectivity index (χ0n) is 9.44. The average molecular weight is 283 g/mol. The van der Waals surface area contributed by atoms with Crippen molar-refractivity contribution in [3.8, 4) is 0 Å². The second-order valence-corrected chi connectivity index (χ2v) is 5.51. The summed E-state index contributed by atoms with van der Waals surface area (Å²) >= 11 is 3.57. The molecular weight excluding hydrogens is 264 g/mol. The highest BCUT2D eigenvalue weighted by Crippen LogP contribution is 2.07. The van der Waals surface area contributed by atoms with E-state index in [4.69, 9.17) is 5.11 Å². The van der Waals surface area contributed by atoms with Crippen LogP contribution in [0.15, 0.2) is 5.38 Å². The lowest BCUT2D eigenvalue weighted by Crippen LogP contribution is -2.16. The molecule has 0 saturated carbocycles. The van der Waals surface area contributed by atoms with E-state index in [1.54, 1.807) is 11.3 Å². The summed E-state index contributed by atoms with van der Waals surface area (Å²) in [6.45, 7) is 4.20. The maximum atomic E-state index is 8.58. The number of thioether (sulfide) groups is 1. The Kier molecular flexibility index (Phi) is 10.5. The number of aryl methyl sites for hydroxylation is 1. The fourth-order valence-corrected chi connectivity index (χ4v) is 2.56. The maximum Gasteiger partial charge on any atom is 0.0897 e. The van der Waals surface area contributed by atoms with Gasteiger partial charge in [0.05, 0.1) is 10.7 Å². The van der Waals surface area contributed by atoms with E-state index in [-0.39, 0.29) is 12.4 Å². The number of aliphatic hydroxyl groups is 1. The van der Waals surface area contributed by atoms with E-state index in [0.717, 1.165) is 41.7 Å². The van der Waals surface area contributed by atoms with Crippen LogP contribution < -0.4 is 5.32 Å². The van der Waals surface area contributed by atoms with Crippen molar-refractivity contribution in [1.29, 1.82) is 0 Å². The predicted molar refractivity (Wildman–Crippen MR) is 74.8 cm³/mol. The van der Waals surface area contributed by atoms with Crippen LogP contribution in [0.5, 0.6) is 0 Å². The van der Waals surface area contributed by atoms with Crippen LogP contribution in [-0.4, -0.2) is 34.7 Å². The second-order valence-electron chi connectivity index (χ2n) is 3.22. The van der Waals surface area contributed by atoms with Crippen molar-refractivity contribution in [3.63, 3.8) is 0 Å². The lowest BCUT2D eigenvalue weighted by Gasteiger charge is -2.02. The van der Waals surface area contributed by atoms with E-state index in [1.165, 1.54) is 0 Å². The number of hydrogen-bond acceptors (Lipinski definition) is 5. The molecule has 0 radical (unpaired) electrons. The zero-order chi connectivity index (χ0) is 10.9. The van der Waals surface area contributed by atoms with Gasteiger partial charge in [0, 0.05) is 30.8 Å². The van der Waals surface area contributed by atoms with Crippen LogP contribution in [0.4, 0.5) is 0 Å². The molecule has 0 unspecified atom stereocenters. The van der Waals surface area contributed by atoms with Crippen molar-refractivity contribution >= 4 is 35.5 Å². The molecule has 3 nitrogen and oxygen atoms in total. The Morgan fingerprint density at radius 3 is 2.94 bits per heavy atom. The Morgan fingerprint density at radius 1 is 1.50 bits per heavy atom. The third kappa shape index (κ3) is 7.46. The molecule has 0 saturated heterocycles. The molecule has 94 valence electrons. The van der Waals surface area contributed by atoms with Gasteiger partial charge in [0.25, 0.3) is 0 Å². The second kappa shape index (κ2) is 10.4. The summed E-state index contributed by atoms with van der Waals surface area (Å²) in [5, 5.41) is 15.2. The minimum atomic E-state index is 0. The SMILES string of the molecule is Cc1nc(CNCCSCCCO)cs1.Cl. The number of aliphatic hydroxyl groups excluding tert-OH is 1. The predicted octanol–water partition coefficient (Wildman–Crippen LogP) is 2.08. The van der Waals surface area contributed by atoms with E-state index < -0.39 is 0 Å². The van der Waals surface area contributed by atoms with Crippen molar-refractivity contribution in [3.05, 3.63) is 16.1 Å². The molecule has 16 heavy (non-hydrogen) atoms. The van der Waals surface area contributed by atoms with Crippen molar-refractivity contribution < 1.29 is 5.11 Å². The third-order valence-corrected chi connectivity index (χ3v) is 3.74. The van der Waals surface area contributed by atoms with Crippen molar-refractivity contribution in [2.24, 2.45) is 0 Å². The summed E-state index contributed by atoms with van der Waals surface area (Å²) < 4.78 is 0. The van der Waals surface area contributed by atoms with Gasteiger partial charge in [-0.15, -0.1) is 23.7 Å². The first-order valence-corrected chi connectivity index (χ1v) is 7.16. The van der Waals surface area contributed by atoms with E-state index >= 15 is 0 Å². The van der Waals surface area contributed by atoms with E-state index in [0.29, 0.717) is 6.61 Å². The number of hydrogen-bond donors (Lipinski definition) is 2. The molecular formula is C10H19ClN2OS2. The lowest BCUT2D eigenvalue weighted by molar-refractivity contribution is 0.296. The Labute approximate surface area is 111 Å². The average Bonchev–Trinajstić information content (AvgIpc) is 2.63. The molecule has 0 fully saturated rings. The number of rotatable bonds is 8. The first kappa shape index (κ1) is 16.2. The molecule has 1 aromatic heterocycles. The lowest BCUT2D eigenvalue weighted by atomic mass is 10.5. The van der Waals surface area contributed by atoms with Gasteiger partial charge >= 0.3 is 0 Å². The van der Waals surface area contributed by atoms with E-state index in [1.807, 2.05) is 18.7 Å². The number of thiazole rings is 1. The Hall–Kier alpha value is 0.190. The number of aromatic nitrogens is 1. The third-order valence-electron chi connectivity index (χ3n) is 1.84. The van der Waals surface area contributed by atoms with E-state index in [2.05, 4.69) is 15.7 Å². The Morgan fingerprint density at radius 2 is 2.31 bits per heavy atom. The summed E-state index contributed by atoms with van der Waals surface area (Å²) in [4.78, 5) is 4.37. The Balaban J connectivity index is 0.00000225. The zero-order valence-corrected chi connectivity index (χ0v) is 11.9. The van der Waals surface area contributed by atoms with Gasteiger partial charge in [-0.2, -0.15) is 11.8 Å². The summed E-state index contributed by atoms with van der Waals surface area (Å²) in [6.07, 6.45) is 0.899. The van der Waals surface area contributed by atoms with Gasteiger partial charge in [0.15, 0.2) is 0 Å². The molecule has 1 heterocycles. The quantitative estimate of drug-likeness (QED) is 0.717. The molecule has 0 aromatic carbocycles. The molecule has 1 aromatic rings. The minimum Gasteiger partial charge on any atom is -0.396 e. The highest BCUT2D eigenvalue weighted by Gasteiger charge is 1.96. The van der Waals surface area contributed by atoms with Crippen molar-refractivity contribution in [1.82, 2.24) is 10.3 Å². The van der Waals surface area contributed by atoms with Crippen LogP contribution in [0.1, 0.15) is 17.1 Å². The van der Waals surface area contributed by atoms with Gasteiger partial charge in [-0.05, 0) is 19.1 Å². The largest absolute Gasteiger partial charge is 0.396 e. The van der Waals surface area contributed by atoms with Gasteiger partial charge in [0.1, 0.15) is 0 Å². The summed E-state index contributed by atoms with van der Waals surface area (Å²) in [5.41, 5.74) is 1.14. The highest BCUT2D eigenvalue weighted by atomic mass is 35.5. The summed E-state index contributed by atoms with van der Waals surface area (Å²) in [5.74, 6) is 2.15. The fraction of sp³-hybridized carbons (Fsp3) is 0.700. The highest BCUT2D eigenvalue weighted by molar-refractivity contribution is 7.99. The smallest absolute Gasteiger partial charge is 0.0897 e. The first-order valence-electron chi connectivity index (χ1n) is 5.13. The Bertz CT molecular complexity index is 271. The van der Waals surface area contributed by atoms with Crippen molar-refractivity contribution in [2.75, 3.05) is 24.7 Å². The first-order chi connectivity index (χ1) is 7.33. The number of nitrogens with zero attached hydrogens (tertiary/aromatic N) is 1. The van der Waals surface area contributed by atoms with Crippen LogP contribution in [0.3, 0.4) is 0 Å². The van der Waals surface area contributed by atoms with Gasteiger partial charge in [-0.25, -0.2) is 4.98 Å². The van der Waals surface area contributed by atoms with Crippen molar-refractivity contribution in [2.45, 2.75) is 19.9 Å². The molecule has 0 aliphatic rings. The summed E-state index contributed by atoms with van der Waals surface area (Å²) in [7, 11) is 0. The molecule has 0 spiro atoms. The van der Waals surface area contributed by atoms with Gasteiger partial charge in [0.2, 0.25) is 0 Å².